The molecular weight excluding hydrogens is 428 g/mol. The lowest BCUT2D eigenvalue weighted by Gasteiger charge is -2.37. The molecule has 3 rings (SSSR count). The highest BCUT2D eigenvalue weighted by atomic mass is 35.5. The Hall–Kier alpha value is -2.64. The first kappa shape index (κ1) is 24.0. The van der Waals surface area contributed by atoms with E-state index in [9.17, 15) is 9.59 Å². The van der Waals surface area contributed by atoms with Crippen molar-refractivity contribution >= 4 is 35.0 Å². The van der Waals surface area contributed by atoms with Gasteiger partial charge in [0.15, 0.2) is 0 Å². The molecule has 1 aromatic carbocycles. The molecule has 1 atom stereocenters. The summed E-state index contributed by atoms with van der Waals surface area (Å²) in [5.41, 5.74) is 1.41. The molecule has 1 fully saturated rings. The van der Waals surface area contributed by atoms with Gasteiger partial charge in [-0.2, -0.15) is 0 Å². The number of rotatable bonds is 7. The smallest absolute Gasteiger partial charge is 0.337 e. The van der Waals surface area contributed by atoms with Crippen LogP contribution in [-0.2, 0) is 4.74 Å². The molecule has 2 aromatic rings. The molecule has 7 nitrogen and oxygen atoms in total. The van der Waals surface area contributed by atoms with Crippen molar-refractivity contribution in [1.82, 2.24) is 9.88 Å². The summed E-state index contributed by atoms with van der Waals surface area (Å²) >= 11 is 5.88. The second-order valence-electron chi connectivity index (χ2n) is 8.47. The number of nitrogens with one attached hydrogen (secondary N) is 2. The number of pyridine rings is 1. The number of nitrogens with zero attached hydrogens (tertiary/aromatic N) is 2. The first-order valence-corrected chi connectivity index (χ1v) is 11.3. The van der Waals surface area contributed by atoms with Gasteiger partial charge in [-0.15, -0.1) is 0 Å². The van der Waals surface area contributed by atoms with E-state index in [2.05, 4.69) is 41.3 Å². The molecule has 1 unspecified atom stereocenters. The van der Waals surface area contributed by atoms with Crippen molar-refractivity contribution in [2.45, 2.75) is 45.7 Å². The highest BCUT2D eigenvalue weighted by molar-refractivity contribution is 6.30. The lowest BCUT2D eigenvalue weighted by atomic mass is 9.89. The molecule has 0 radical (unpaired) electrons. The van der Waals surface area contributed by atoms with Gasteiger partial charge in [0.2, 0.25) is 0 Å². The van der Waals surface area contributed by atoms with Crippen LogP contribution in [0.15, 0.2) is 36.5 Å². The number of carbonyl (C=O) groups excluding carboxylic acids is 2. The van der Waals surface area contributed by atoms with Crippen molar-refractivity contribution in [2.24, 2.45) is 5.92 Å². The summed E-state index contributed by atoms with van der Waals surface area (Å²) in [7, 11) is 1.34. The number of aromatic nitrogens is 1. The zero-order valence-electron chi connectivity index (χ0n) is 19.0. The van der Waals surface area contributed by atoms with Crippen LogP contribution in [0.4, 0.5) is 11.5 Å². The third-order valence-electron chi connectivity index (χ3n) is 6.05. The van der Waals surface area contributed by atoms with Crippen LogP contribution < -0.4 is 10.6 Å². The average Bonchev–Trinajstić information content (AvgIpc) is 2.79. The highest BCUT2D eigenvalue weighted by Crippen LogP contribution is 2.27. The largest absolute Gasteiger partial charge is 0.465 e. The van der Waals surface area contributed by atoms with Crippen molar-refractivity contribution < 1.29 is 14.3 Å². The van der Waals surface area contributed by atoms with Crippen LogP contribution in [0.3, 0.4) is 0 Å². The first-order valence-electron chi connectivity index (χ1n) is 10.9. The Morgan fingerprint density at radius 2 is 1.88 bits per heavy atom. The third kappa shape index (κ3) is 5.99. The molecule has 1 aromatic heterocycles. The van der Waals surface area contributed by atoms with Crippen LogP contribution in [0.1, 0.15) is 54.3 Å². The number of carbonyl (C=O) groups is 2. The SMILES string of the molecule is COC(=O)c1ccc(C(=O)Nc2ccc(Cl)cn2)c(NC(C)C2CCN(C(C)C)CC2)c1. The Morgan fingerprint density at radius 1 is 1.16 bits per heavy atom. The maximum absolute atomic E-state index is 13.0. The number of methoxy groups -OCH3 is 1. The summed E-state index contributed by atoms with van der Waals surface area (Å²) in [4.78, 5) is 31.7. The average molecular weight is 459 g/mol. The third-order valence-corrected chi connectivity index (χ3v) is 6.27. The summed E-state index contributed by atoms with van der Waals surface area (Å²) < 4.78 is 4.86. The van der Waals surface area contributed by atoms with E-state index in [0.717, 1.165) is 25.9 Å². The van der Waals surface area contributed by atoms with Crippen molar-refractivity contribution in [2.75, 3.05) is 30.8 Å². The molecule has 32 heavy (non-hydrogen) atoms. The second kappa shape index (κ2) is 10.8. The van der Waals surface area contributed by atoms with Gasteiger partial charge in [-0.25, -0.2) is 9.78 Å². The van der Waals surface area contributed by atoms with Crippen molar-refractivity contribution in [3.63, 3.8) is 0 Å². The van der Waals surface area contributed by atoms with Gasteiger partial charge in [-0.05, 0) is 83.0 Å². The highest BCUT2D eigenvalue weighted by Gasteiger charge is 2.26. The fourth-order valence-corrected chi connectivity index (χ4v) is 4.15. The molecule has 2 N–H and O–H groups in total. The van der Waals surface area contributed by atoms with E-state index in [1.54, 1.807) is 30.3 Å². The Labute approximate surface area is 194 Å². The molecule has 172 valence electrons. The van der Waals surface area contributed by atoms with Crippen LogP contribution in [0.5, 0.6) is 0 Å². The fourth-order valence-electron chi connectivity index (χ4n) is 4.04. The molecule has 0 aliphatic carbocycles. The normalized spacial score (nSPS) is 15.9. The van der Waals surface area contributed by atoms with Crippen molar-refractivity contribution in [1.29, 1.82) is 0 Å². The second-order valence-corrected chi connectivity index (χ2v) is 8.90. The number of halogens is 1. The Morgan fingerprint density at radius 3 is 2.47 bits per heavy atom. The monoisotopic (exact) mass is 458 g/mol. The zero-order valence-corrected chi connectivity index (χ0v) is 19.8. The van der Waals surface area contributed by atoms with Gasteiger partial charge in [0, 0.05) is 24.0 Å². The minimum Gasteiger partial charge on any atom is -0.465 e. The number of anilines is 2. The number of ether oxygens (including phenoxy) is 1. The maximum atomic E-state index is 13.0. The number of likely N-dealkylation sites (tertiary alicyclic amines) is 1. The summed E-state index contributed by atoms with van der Waals surface area (Å²) in [5.74, 6) is 0.106. The number of piperidine rings is 1. The van der Waals surface area contributed by atoms with E-state index in [1.165, 1.54) is 13.3 Å². The molecule has 0 saturated carbocycles. The molecular formula is C24H31ClN4O3. The van der Waals surface area contributed by atoms with E-state index in [-0.39, 0.29) is 11.9 Å². The van der Waals surface area contributed by atoms with E-state index >= 15 is 0 Å². The molecule has 1 amide bonds. The number of hydrogen-bond donors (Lipinski definition) is 2. The van der Waals surface area contributed by atoms with Gasteiger partial charge >= 0.3 is 5.97 Å². The fraction of sp³-hybridized carbons (Fsp3) is 0.458. The quantitative estimate of drug-likeness (QED) is 0.585. The molecule has 1 aliphatic heterocycles. The predicted molar refractivity (Wildman–Crippen MR) is 127 cm³/mol. The lowest BCUT2D eigenvalue weighted by Crippen LogP contribution is -2.42. The molecule has 0 spiro atoms. The Bertz CT molecular complexity index is 941. The molecule has 2 heterocycles. The van der Waals surface area contributed by atoms with Gasteiger partial charge in [-0.1, -0.05) is 11.6 Å². The van der Waals surface area contributed by atoms with Crippen molar-refractivity contribution in [3.05, 3.63) is 52.7 Å². The summed E-state index contributed by atoms with van der Waals surface area (Å²) in [6.07, 6.45) is 3.64. The molecule has 1 aliphatic rings. The zero-order chi connectivity index (χ0) is 23.3. The number of benzene rings is 1. The van der Waals surface area contributed by atoms with E-state index in [4.69, 9.17) is 16.3 Å². The van der Waals surface area contributed by atoms with Gasteiger partial charge in [0.1, 0.15) is 5.82 Å². The van der Waals surface area contributed by atoms with Gasteiger partial charge < -0.3 is 20.3 Å². The summed E-state index contributed by atoms with van der Waals surface area (Å²) in [5, 5.41) is 6.77. The van der Waals surface area contributed by atoms with Gasteiger partial charge in [0.25, 0.3) is 5.91 Å². The van der Waals surface area contributed by atoms with Crippen LogP contribution in [0.2, 0.25) is 5.02 Å². The number of amides is 1. The minimum atomic E-state index is -0.447. The predicted octanol–water partition coefficient (Wildman–Crippen LogP) is 4.69. The minimum absolute atomic E-state index is 0.136. The van der Waals surface area contributed by atoms with Crippen LogP contribution in [-0.4, -0.2) is 54.0 Å². The molecule has 1 saturated heterocycles. The van der Waals surface area contributed by atoms with Crippen LogP contribution in [0.25, 0.3) is 0 Å². The van der Waals surface area contributed by atoms with E-state index in [1.807, 2.05) is 0 Å². The topological polar surface area (TPSA) is 83.6 Å². The molecule has 8 heteroatoms. The summed E-state index contributed by atoms with van der Waals surface area (Å²) in [6, 6.07) is 8.89. The Kier molecular flexibility index (Phi) is 8.10. The standard InChI is InChI=1S/C24H31ClN4O3/c1-15(2)29-11-9-17(10-12-29)16(3)27-21-13-18(24(31)32-4)5-7-20(21)23(30)28-22-8-6-19(25)14-26-22/h5-8,13-17,27H,9-12H2,1-4H3,(H,26,28,30). The first-order chi connectivity index (χ1) is 15.3. The van der Waals surface area contributed by atoms with Crippen LogP contribution >= 0.6 is 11.6 Å². The lowest BCUT2D eigenvalue weighted by molar-refractivity contribution is 0.0600. The van der Waals surface area contributed by atoms with Gasteiger partial charge in [0.05, 0.1) is 23.3 Å². The van der Waals surface area contributed by atoms with E-state index in [0.29, 0.717) is 39.6 Å². The number of esters is 1. The van der Waals surface area contributed by atoms with Crippen LogP contribution in [0, 0.1) is 5.92 Å². The summed E-state index contributed by atoms with van der Waals surface area (Å²) in [6.45, 7) is 8.70. The van der Waals surface area contributed by atoms with Gasteiger partial charge in [-0.3, -0.25) is 4.79 Å². The number of hydrogen-bond acceptors (Lipinski definition) is 6. The van der Waals surface area contributed by atoms with E-state index < -0.39 is 5.97 Å². The molecule has 0 bridgehead atoms. The maximum Gasteiger partial charge on any atom is 0.337 e. The van der Waals surface area contributed by atoms with Crippen molar-refractivity contribution in [3.8, 4) is 0 Å². The Balaban J connectivity index is 1.79.